The molecule has 2 aliphatic rings. The molecule has 1 N–H and O–H groups in total. The van der Waals surface area contributed by atoms with Crippen molar-refractivity contribution in [2.75, 3.05) is 38.1 Å². The van der Waals surface area contributed by atoms with Crippen molar-refractivity contribution in [2.24, 2.45) is 0 Å². The Bertz CT molecular complexity index is 794. The van der Waals surface area contributed by atoms with Gasteiger partial charge in [0, 0.05) is 43.0 Å². The number of piperazine rings is 1. The second-order valence-corrected chi connectivity index (χ2v) is 6.78. The van der Waals surface area contributed by atoms with E-state index in [-0.39, 0.29) is 0 Å². The number of aryl methyl sites for hydroxylation is 1. The molecule has 0 bridgehead atoms. The highest BCUT2D eigenvalue weighted by Gasteiger charge is 2.25. The first-order chi connectivity index (χ1) is 11.7. The third-order valence-electron chi connectivity index (χ3n) is 5.11. The second kappa shape index (κ2) is 5.84. The standard InChI is InChI=1S/C18H22N6/c1-13-9-14(3-4-17(13)24-7-5-22(2)6-8-24)18-15-10-23(12-19)11-16(15)20-21-18/h3-4,9H,5-8,10-11H2,1-2H3,(H,20,21). The zero-order valence-corrected chi connectivity index (χ0v) is 14.2. The number of anilines is 1. The first-order valence-corrected chi connectivity index (χ1v) is 8.41. The summed E-state index contributed by atoms with van der Waals surface area (Å²) >= 11 is 0. The van der Waals surface area contributed by atoms with E-state index in [0.29, 0.717) is 13.1 Å². The third kappa shape index (κ3) is 2.51. The van der Waals surface area contributed by atoms with E-state index in [9.17, 15) is 0 Å². The van der Waals surface area contributed by atoms with Gasteiger partial charge in [0.15, 0.2) is 6.19 Å². The van der Waals surface area contributed by atoms with Crippen molar-refractivity contribution in [1.82, 2.24) is 20.0 Å². The minimum Gasteiger partial charge on any atom is -0.369 e. The Morgan fingerprint density at radius 2 is 1.96 bits per heavy atom. The minimum atomic E-state index is 0.636. The molecule has 2 aromatic rings. The van der Waals surface area contributed by atoms with Gasteiger partial charge in [-0.2, -0.15) is 10.4 Å². The van der Waals surface area contributed by atoms with Gasteiger partial charge in [-0.05, 0) is 31.7 Å². The molecule has 1 saturated heterocycles. The molecule has 0 atom stereocenters. The molecule has 0 aliphatic carbocycles. The Hall–Kier alpha value is -2.52. The molecule has 0 saturated carbocycles. The van der Waals surface area contributed by atoms with Gasteiger partial charge in [0.05, 0.1) is 24.5 Å². The molecule has 1 fully saturated rings. The molecule has 6 heteroatoms. The van der Waals surface area contributed by atoms with Crippen LogP contribution in [-0.2, 0) is 13.1 Å². The van der Waals surface area contributed by atoms with Crippen molar-refractivity contribution in [3.63, 3.8) is 0 Å². The van der Waals surface area contributed by atoms with Gasteiger partial charge in [0.25, 0.3) is 0 Å². The molecule has 0 spiro atoms. The Kier molecular flexibility index (Phi) is 3.66. The van der Waals surface area contributed by atoms with Crippen molar-refractivity contribution >= 4 is 5.69 Å². The van der Waals surface area contributed by atoms with Crippen LogP contribution in [0.1, 0.15) is 16.8 Å². The Labute approximate surface area is 142 Å². The SMILES string of the molecule is Cc1cc(-c2n[nH]c3c2CN(C#N)C3)ccc1N1CCN(C)CC1. The van der Waals surface area contributed by atoms with E-state index >= 15 is 0 Å². The van der Waals surface area contributed by atoms with E-state index in [4.69, 9.17) is 5.26 Å². The van der Waals surface area contributed by atoms with Crippen LogP contribution < -0.4 is 4.90 Å². The van der Waals surface area contributed by atoms with E-state index in [0.717, 1.165) is 48.7 Å². The number of fused-ring (bicyclic) bond motifs is 1. The van der Waals surface area contributed by atoms with Crippen LogP contribution in [0.4, 0.5) is 5.69 Å². The lowest BCUT2D eigenvalue weighted by Gasteiger charge is -2.35. The molecule has 3 heterocycles. The zero-order valence-electron chi connectivity index (χ0n) is 14.2. The number of nitrogens with zero attached hydrogens (tertiary/aromatic N) is 5. The molecular weight excluding hydrogens is 300 g/mol. The average Bonchev–Trinajstić information content (AvgIpc) is 3.15. The monoisotopic (exact) mass is 322 g/mol. The van der Waals surface area contributed by atoms with Gasteiger partial charge < -0.3 is 14.7 Å². The Morgan fingerprint density at radius 1 is 1.17 bits per heavy atom. The highest BCUT2D eigenvalue weighted by Crippen LogP contribution is 2.33. The second-order valence-electron chi connectivity index (χ2n) is 6.78. The maximum absolute atomic E-state index is 9.09. The van der Waals surface area contributed by atoms with Crippen LogP contribution in [-0.4, -0.2) is 53.2 Å². The van der Waals surface area contributed by atoms with Crippen molar-refractivity contribution in [1.29, 1.82) is 5.26 Å². The van der Waals surface area contributed by atoms with Crippen molar-refractivity contribution < 1.29 is 0 Å². The lowest BCUT2D eigenvalue weighted by atomic mass is 10.0. The molecule has 2 aliphatic heterocycles. The Morgan fingerprint density at radius 3 is 2.67 bits per heavy atom. The number of rotatable bonds is 2. The summed E-state index contributed by atoms with van der Waals surface area (Å²) in [6, 6.07) is 6.60. The van der Waals surface area contributed by atoms with Crippen LogP contribution in [0.2, 0.25) is 0 Å². The number of likely N-dealkylation sites (N-methyl/N-ethyl adjacent to an activating group) is 1. The van der Waals surface area contributed by atoms with Gasteiger partial charge in [-0.15, -0.1) is 0 Å². The number of nitrogens with one attached hydrogen (secondary N) is 1. The summed E-state index contributed by atoms with van der Waals surface area (Å²) in [7, 11) is 2.18. The fourth-order valence-electron chi connectivity index (χ4n) is 3.65. The molecule has 124 valence electrons. The molecule has 0 unspecified atom stereocenters. The van der Waals surface area contributed by atoms with Crippen LogP contribution in [0.15, 0.2) is 18.2 Å². The van der Waals surface area contributed by atoms with Gasteiger partial charge in [0.1, 0.15) is 0 Å². The molecule has 0 amide bonds. The summed E-state index contributed by atoms with van der Waals surface area (Å²) in [6.45, 7) is 7.83. The van der Waals surface area contributed by atoms with Crippen molar-refractivity contribution in [3.05, 3.63) is 35.0 Å². The highest BCUT2D eigenvalue weighted by molar-refractivity contribution is 5.69. The minimum absolute atomic E-state index is 0.636. The van der Waals surface area contributed by atoms with Crippen LogP contribution in [0.3, 0.4) is 0 Å². The number of benzene rings is 1. The summed E-state index contributed by atoms with van der Waals surface area (Å²) in [5.41, 5.74) is 6.93. The van der Waals surface area contributed by atoms with E-state index in [1.807, 2.05) is 0 Å². The molecule has 4 rings (SSSR count). The van der Waals surface area contributed by atoms with Crippen LogP contribution in [0.25, 0.3) is 11.3 Å². The van der Waals surface area contributed by atoms with Gasteiger partial charge >= 0.3 is 0 Å². The van der Waals surface area contributed by atoms with E-state index in [1.165, 1.54) is 11.3 Å². The number of nitriles is 1. The number of H-pyrrole nitrogens is 1. The fraction of sp³-hybridized carbons (Fsp3) is 0.444. The van der Waals surface area contributed by atoms with Gasteiger partial charge in [0.2, 0.25) is 0 Å². The maximum Gasteiger partial charge on any atom is 0.180 e. The maximum atomic E-state index is 9.09. The number of aromatic nitrogens is 2. The summed E-state index contributed by atoms with van der Waals surface area (Å²) < 4.78 is 0. The van der Waals surface area contributed by atoms with Gasteiger partial charge in [-0.1, -0.05) is 6.07 Å². The third-order valence-corrected chi connectivity index (χ3v) is 5.11. The predicted molar refractivity (Wildman–Crippen MR) is 93.3 cm³/mol. The molecular formula is C18H22N6. The lowest BCUT2D eigenvalue weighted by molar-refractivity contribution is 0.312. The predicted octanol–water partition coefficient (Wildman–Crippen LogP) is 1.93. The van der Waals surface area contributed by atoms with Crippen LogP contribution in [0, 0.1) is 18.4 Å². The van der Waals surface area contributed by atoms with Gasteiger partial charge in [-0.3, -0.25) is 5.10 Å². The number of hydrogen-bond donors (Lipinski definition) is 1. The summed E-state index contributed by atoms with van der Waals surface area (Å²) in [6.07, 6.45) is 2.22. The zero-order chi connectivity index (χ0) is 16.7. The summed E-state index contributed by atoms with van der Waals surface area (Å²) in [5, 5.41) is 16.7. The molecule has 6 nitrogen and oxygen atoms in total. The lowest BCUT2D eigenvalue weighted by Crippen LogP contribution is -2.44. The van der Waals surface area contributed by atoms with Crippen molar-refractivity contribution in [3.8, 4) is 17.5 Å². The first-order valence-electron chi connectivity index (χ1n) is 8.41. The van der Waals surface area contributed by atoms with Crippen LogP contribution >= 0.6 is 0 Å². The summed E-state index contributed by atoms with van der Waals surface area (Å²) in [4.78, 5) is 6.58. The van der Waals surface area contributed by atoms with Gasteiger partial charge in [-0.25, -0.2) is 0 Å². The van der Waals surface area contributed by atoms with Crippen LogP contribution in [0.5, 0.6) is 0 Å². The molecule has 1 aromatic carbocycles. The first kappa shape index (κ1) is 15.0. The molecule has 1 aromatic heterocycles. The topological polar surface area (TPSA) is 62.2 Å². The highest BCUT2D eigenvalue weighted by atomic mass is 15.2. The summed E-state index contributed by atoms with van der Waals surface area (Å²) in [5.74, 6) is 0. The fourth-order valence-corrected chi connectivity index (χ4v) is 3.65. The normalized spacial score (nSPS) is 17.9. The van der Waals surface area contributed by atoms with E-state index in [1.54, 1.807) is 4.90 Å². The largest absolute Gasteiger partial charge is 0.369 e. The van der Waals surface area contributed by atoms with Crippen molar-refractivity contribution in [2.45, 2.75) is 20.0 Å². The molecule has 0 radical (unpaired) electrons. The Balaban J connectivity index is 1.61. The molecule has 24 heavy (non-hydrogen) atoms. The van der Waals surface area contributed by atoms with E-state index in [2.05, 4.69) is 58.4 Å². The number of hydrogen-bond acceptors (Lipinski definition) is 5. The van der Waals surface area contributed by atoms with E-state index < -0.39 is 0 Å². The smallest absolute Gasteiger partial charge is 0.180 e. The quantitative estimate of drug-likeness (QED) is 0.856. The average molecular weight is 322 g/mol. The number of aromatic amines is 1.